The molecule has 2 heterocycles. The highest BCUT2D eigenvalue weighted by atomic mass is 32.2. The number of aromatic nitrogens is 1. The second kappa shape index (κ2) is 7.33. The van der Waals surface area contributed by atoms with Crippen molar-refractivity contribution in [3.63, 3.8) is 0 Å². The first-order chi connectivity index (χ1) is 12.0. The second-order valence-corrected chi connectivity index (χ2v) is 7.67. The fourth-order valence-electron chi connectivity index (χ4n) is 2.87. The fraction of sp³-hybridized carbons (Fsp3) is 0.333. The molecule has 1 fully saturated rings. The normalized spacial score (nSPS) is 16.5. The highest BCUT2D eigenvalue weighted by Gasteiger charge is 2.25. The second-order valence-electron chi connectivity index (χ2n) is 6.18. The van der Waals surface area contributed by atoms with Crippen LogP contribution in [0.5, 0.6) is 5.75 Å². The van der Waals surface area contributed by atoms with Crippen molar-refractivity contribution in [2.24, 2.45) is 5.92 Å². The first-order valence-electron chi connectivity index (χ1n) is 8.14. The SMILES string of the molecule is CN1CCC(C(=O)c2cccc(OS(=O)(=O)c3ccccn3)c2)CC1. The van der Waals surface area contributed by atoms with E-state index in [0.29, 0.717) is 5.56 Å². The summed E-state index contributed by atoms with van der Waals surface area (Å²) in [7, 11) is -1.98. The Balaban J connectivity index is 1.77. The maximum absolute atomic E-state index is 12.7. The number of ketones is 1. The number of pyridine rings is 1. The predicted molar refractivity (Wildman–Crippen MR) is 93.0 cm³/mol. The molecule has 1 saturated heterocycles. The number of carbonyl (C=O) groups is 1. The molecule has 6 nitrogen and oxygen atoms in total. The lowest BCUT2D eigenvalue weighted by atomic mass is 9.89. The van der Waals surface area contributed by atoms with Crippen LogP contribution in [0.1, 0.15) is 23.2 Å². The summed E-state index contributed by atoms with van der Waals surface area (Å²) in [6, 6.07) is 10.9. The number of nitrogens with zero attached hydrogens (tertiary/aromatic N) is 2. The minimum absolute atomic E-state index is 0.0288. The molecular formula is C18H20N2O4S. The summed E-state index contributed by atoms with van der Waals surface area (Å²) in [5, 5.41) is -0.165. The molecule has 0 unspecified atom stereocenters. The number of hydrogen-bond acceptors (Lipinski definition) is 6. The van der Waals surface area contributed by atoms with Gasteiger partial charge in [0.15, 0.2) is 10.8 Å². The third kappa shape index (κ3) is 4.24. The number of Topliss-reactive ketones (excluding diaryl/α,β-unsaturated/α-hetero) is 1. The van der Waals surface area contributed by atoms with E-state index in [9.17, 15) is 13.2 Å². The molecule has 1 aromatic heterocycles. The van der Waals surface area contributed by atoms with Gasteiger partial charge in [0.1, 0.15) is 5.75 Å². The minimum Gasteiger partial charge on any atom is -0.378 e. The lowest BCUT2D eigenvalue weighted by molar-refractivity contribution is 0.0856. The van der Waals surface area contributed by atoms with Crippen molar-refractivity contribution in [3.8, 4) is 5.75 Å². The zero-order chi connectivity index (χ0) is 17.9. The zero-order valence-electron chi connectivity index (χ0n) is 14.0. The largest absolute Gasteiger partial charge is 0.378 e. The van der Waals surface area contributed by atoms with Crippen molar-refractivity contribution in [1.82, 2.24) is 9.88 Å². The van der Waals surface area contributed by atoms with E-state index in [4.69, 9.17) is 4.18 Å². The summed E-state index contributed by atoms with van der Waals surface area (Å²) in [6.45, 7) is 1.78. The number of hydrogen-bond donors (Lipinski definition) is 0. The van der Waals surface area contributed by atoms with Gasteiger partial charge in [-0.15, -0.1) is 0 Å². The Morgan fingerprint density at radius 3 is 2.60 bits per heavy atom. The van der Waals surface area contributed by atoms with E-state index >= 15 is 0 Å². The zero-order valence-corrected chi connectivity index (χ0v) is 14.8. The summed E-state index contributed by atoms with van der Waals surface area (Å²) in [5.74, 6) is 0.122. The van der Waals surface area contributed by atoms with E-state index < -0.39 is 10.1 Å². The maximum Gasteiger partial charge on any atom is 0.356 e. The molecule has 0 N–H and O–H groups in total. The smallest absolute Gasteiger partial charge is 0.356 e. The summed E-state index contributed by atoms with van der Waals surface area (Å²) < 4.78 is 29.6. The molecule has 3 rings (SSSR count). The quantitative estimate of drug-likeness (QED) is 0.602. The van der Waals surface area contributed by atoms with Gasteiger partial charge in [-0.3, -0.25) is 4.79 Å². The molecule has 1 aromatic carbocycles. The minimum atomic E-state index is -4.02. The Bertz CT molecular complexity index is 844. The Morgan fingerprint density at radius 2 is 1.92 bits per heavy atom. The van der Waals surface area contributed by atoms with Crippen LogP contribution in [-0.2, 0) is 10.1 Å². The third-order valence-corrected chi connectivity index (χ3v) is 5.47. The Hall–Kier alpha value is -2.25. The molecule has 1 aliphatic heterocycles. The van der Waals surface area contributed by atoms with Crippen LogP contribution in [0.25, 0.3) is 0 Å². The van der Waals surface area contributed by atoms with Gasteiger partial charge < -0.3 is 9.08 Å². The van der Waals surface area contributed by atoms with Crippen LogP contribution in [0.4, 0.5) is 0 Å². The molecule has 0 aliphatic carbocycles. The number of benzene rings is 1. The molecule has 0 bridgehead atoms. The number of carbonyl (C=O) groups excluding carboxylic acids is 1. The van der Waals surface area contributed by atoms with Gasteiger partial charge in [-0.1, -0.05) is 18.2 Å². The molecule has 2 aromatic rings. The van der Waals surface area contributed by atoms with Crippen molar-refractivity contribution in [2.45, 2.75) is 17.9 Å². The summed E-state index contributed by atoms with van der Waals surface area (Å²) >= 11 is 0. The van der Waals surface area contributed by atoms with Crippen LogP contribution < -0.4 is 4.18 Å². The highest BCUT2D eigenvalue weighted by Crippen LogP contribution is 2.24. The number of likely N-dealkylation sites (tertiary alicyclic amines) is 1. The van der Waals surface area contributed by atoms with Crippen LogP contribution in [0.3, 0.4) is 0 Å². The van der Waals surface area contributed by atoms with Crippen molar-refractivity contribution in [2.75, 3.05) is 20.1 Å². The molecule has 1 aliphatic rings. The first kappa shape index (κ1) is 17.6. The molecular weight excluding hydrogens is 340 g/mol. The van der Waals surface area contributed by atoms with Gasteiger partial charge in [-0.05, 0) is 57.2 Å². The van der Waals surface area contributed by atoms with E-state index in [1.54, 1.807) is 24.3 Å². The van der Waals surface area contributed by atoms with Gasteiger partial charge >= 0.3 is 10.1 Å². The van der Waals surface area contributed by atoms with E-state index in [0.717, 1.165) is 25.9 Å². The van der Waals surface area contributed by atoms with Gasteiger partial charge in [-0.25, -0.2) is 4.98 Å². The van der Waals surface area contributed by atoms with Crippen LogP contribution in [0, 0.1) is 5.92 Å². The topological polar surface area (TPSA) is 76.6 Å². The molecule has 0 amide bonds. The molecule has 25 heavy (non-hydrogen) atoms. The monoisotopic (exact) mass is 360 g/mol. The standard InChI is InChI=1S/C18H20N2O4S/c1-20-11-8-14(9-12-20)18(21)15-5-4-6-16(13-15)24-25(22,23)17-7-2-3-10-19-17/h2-7,10,13-14H,8-9,11-12H2,1H3. The summed E-state index contributed by atoms with van der Waals surface area (Å²) in [4.78, 5) is 18.7. The molecule has 7 heteroatoms. The van der Waals surface area contributed by atoms with Crippen LogP contribution >= 0.6 is 0 Å². The molecule has 0 spiro atoms. The first-order valence-corrected chi connectivity index (χ1v) is 9.55. The molecule has 0 radical (unpaired) electrons. The lowest BCUT2D eigenvalue weighted by Gasteiger charge is -2.28. The Kier molecular flexibility index (Phi) is 5.15. The van der Waals surface area contributed by atoms with Gasteiger partial charge in [0, 0.05) is 17.7 Å². The van der Waals surface area contributed by atoms with Crippen molar-refractivity contribution in [1.29, 1.82) is 0 Å². The van der Waals surface area contributed by atoms with Crippen molar-refractivity contribution in [3.05, 3.63) is 54.2 Å². The Morgan fingerprint density at radius 1 is 1.16 bits per heavy atom. The third-order valence-electron chi connectivity index (χ3n) is 4.31. The van der Waals surface area contributed by atoms with E-state index in [1.165, 1.54) is 24.4 Å². The Labute approximate surface area is 147 Å². The maximum atomic E-state index is 12.7. The van der Waals surface area contributed by atoms with E-state index in [2.05, 4.69) is 9.88 Å². The fourth-order valence-corrected chi connectivity index (χ4v) is 3.75. The summed E-state index contributed by atoms with van der Waals surface area (Å²) in [5.41, 5.74) is 0.475. The summed E-state index contributed by atoms with van der Waals surface area (Å²) in [6.07, 6.45) is 3.01. The molecule has 0 saturated carbocycles. The van der Waals surface area contributed by atoms with Gasteiger partial charge in [0.2, 0.25) is 0 Å². The average molecular weight is 360 g/mol. The molecule has 132 valence electrons. The van der Waals surface area contributed by atoms with Gasteiger partial charge in [0.05, 0.1) is 0 Å². The lowest BCUT2D eigenvalue weighted by Crippen LogP contribution is -2.33. The van der Waals surface area contributed by atoms with Crippen LogP contribution in [-0.4, -0.2) is 44.2 Å². The average Bonchev–Trinajstić information content (AvgIpc) is 2.62. The van der Waals surface area contributed by atoms with Crippen LogP contribution in [0.15, 0.2) is 53.7 Å². The van der Waals surface area contributed by atoms with Crippen molar-refractivity contribution >= 4 is 15.9 Å². The van der Waals surface area contributed by atoms with Crippen LogP contribution in [0.2, 0.25) is 0 Å². The number of rotatable bonds is 5. The molecule has 0 atom stereocenters. The van der Waals surface area contributed by atoms with Crippen molar-refractivity contribution < 1.29 is 17.4 Å². The highest BCUT2D eigenvalue weighted by molar-refractivity contribution is 7.87. The predicted octanol–water partition coefficient (Wildman–Crippen LogP) is 2.37. The van der Waals surface area contributed by atoms with E-state index in [1.807, 2.05) is 7.05 Å². The van der Waals surface area contributed by atoms with E-state index in [-0.39, 0.29) is 22.5 Å². The van der Waals surface area contributed by atoms with Gasteiger partial charge in [-0.2, -0.15) is 8.42 Å². The van der Waals surface area contributed by atoms with Gasteiger partial charge in [0.25, 0.3) is 0 Å². The number of piperidine rings is 1.